The summed E-state index contributed by atoms with van der Waals surface area (Å²) in [6.07, 6.45) is 1.69. The molecule has 0 bridgehead atoms. The summed E-state index contributed by atoms with van der Waals surface area (Å²) in [6.45, 7) is 4.65. The second kappa shape index (κ2) is 6.44. The summed E-state index contributed by atoms with van der Waals surface area (Å²) >= 11 is 1.36. The molecule has 2 N–H and O–H groups in total. The number of likely N-dealkylation sites (N-methyl/N-ethyl adjacent to an activating group) is 1. The van der Waals surface area contributed by atoms with Gasteiger partial charge in [-0.2, -0.15) is 0 Å². The summed E-state index contributed by atoms with van der Waals surface area (Å²) in [5.41, 5.74) is 0.505. The lowest BCUT2D eigenvalue weighted by atomic mass is 10.4. The van der Waals surface area contributed by atoms with Crippen LogP contribution < -0.4 is 10.9 Å². The molecule has 2 aromatic rings. The third-order valence-electron chi connectivity index (χ3n) is 2.74. The van der Waals surface area contributed by atoms with Gasteiger partial charge in [0.2, 0.25) is 5.91 Å². The molecule has 1 amide bonds. The molecule has 6 nitrogen and oxygen atoms in total. The zero-order valence-corrected chi connectivity index (χ0v) is 12.0. The second-order valence-corrected chi connectivity index (χ2v) is 5.23. The maximum Gasteiger partial charge on any atom is 0.268 e. The Morgan fingerprint density at radius 2 is 2.45 bits per heavy atom. The molecule has 106 valence electrons. The fourth-order valence-corrected chi connectivity index (χ4v) is 2.45. The smallest absolute Gasteiger partial charge is 0.268 e. The van der Waals surface area contributed by atoms with E-state index in [1.165, 1.54) is 16.2 Å². The Balaban J connectivity index is 2.05. The Morgan fingerprint density at radius 3 is 3.20 bits per heavy atom. The molecular formula is C13H16N4O2S. The van der Waals surface area contributed by atoms with Crippen LogP contribution in [0.4, 0.5) is 0 Å². The van der Waals surface area contributed by atoms with Gasteiger partial charge in [0, 0.05) is 13.6 Å². The average molecular weight is 292 g/mol. The summed E-state index contributed by atoms with van der Waals surface area (Å²) in [5, 5.41) is 4.76. The van der Waals surface area contributed by atoms with Crippen molar-refractivity contribution in [1.29, 1.82) is 0 Å². The van der Waals surface area contributed by atoms with Gasteiger partial charge in [-0.25, -0.2) is 4.98 Å². The molecule has 7 heteroatoms. The molecule has 0 unspecified atom stereocenters. The number of amides is 1. The summed E-state index contributed by atoms with van der Waals surface area (Å²) in [7, 11) is 1.68. The number of nitrogens with zero attached hydrogens (tertiary/aromatic N) is 2. The van der Waals surface area contributed by atoms with E-state index in [-0.39, 0.29) is 24.6 Å². The molecule has 2 rings (SSSR count). The second-order valence-electron chi connectivity index (χ2n) is 4.32. The first-order chi connectivity index (χ1) is 9.61. The van der Waals surface area contributed by atoms with Crippen LogP contribution in [-0.2, 0) is 11.3 Å². The lowest BCUT2D eigenvalue weighted by Crippen LogP contribution is -2.36. The van der Waals surface area contributed by atoms with Crippen molar-refractivity contribution in [2.75, 3.05) is 20.1 Å². The van der Waals surface area contributed by atoms with Crippen molar-refractivity contribution in [3.63, 3.8) is 0 Å². The van der Waals surface area contributed by atoms with E-state index in [9.17, 15) is 9.59 Å². The Labute approximate surface area is 120 Å². The van der Waals surface area contributed by atoms with E-state index in [1.54, 1.807) is 19.2 Å². The van der Waals surface area contributed by atoms with E-state index in [2.05, 4.69) is 21.9 Å². The number of thiophene rings is 1. The summed E-state index contributed by atoms with van der Waals surface area (Å²) in [6, 6.07) is 1.80. The van der Waals surface area contributed by atoms with Gasteiger partial charge < -0.3 is 15.2 Å². The van der Waals surface area contributed by atoms with Gasteiger partial charge in [0.05, 0.1) is 18.6 Å². The molecule has 0 aliphatic heterocycles. The molecule has 0 atom stereocenters. The van der Waals surface area contributed by atoms with Crippen molar-refractivity contribution in [1.82, 2.24) is 20.2 Å². The van der Waals surface area contributed by atoms with E-state index in [0.717, 1.165) is 0 Å². The number of rotatable bonds is 6. The largest absolute Gasteiger partial charge is 0.337 e. The Morgan fingerprint density at radius 1 is 1.65 bits per heavy atom. The number of hydrogen-bond acceptors (Lipinski definition) is 5. The minimum Gasteiger partial charge on any atom is -0.337 e. The van der Waals surface area contributed by atoms with Gasteiger partial charge in [-0.3, -0.25) is 9.59 Å². The maximum absolute atomic E-state index is 11.8. The fraction of sp³-hybridized carbons (Fsp3) is 0.308. The van der Waals surface area contributed by atoms with Gasteiger partial charge in [0.25, 0.3) is 5.56 Å². The number of aromatic amines is 1. The van der Waals surface area contributed by atoms with Crippen LogP contribution in [0.5, 0.6) is 0 Å². The first-order valence-corrected chi connectivity index (χ1v) is 7.01. The maximum atomic E-state index is 11.8. The highest BCUT2D eigenvalue weighted by molar-refractivity contribution is 7.17. The number of carbonyl (C=O) groups is 1. The van der Waals surface area contributed by atoms with E-state index in [1.807, 2.05) is 5.38 Å². The van der Waals surface area contributed by atoms with Crippen LogP contribution in [0.2, 0.25) is 0 Å². The number of hydrogen-bond donors (Lipinski definition) is 2. The molecule has 0 aliphatic carbocycles. The van der Waals surface area contributed by atoms with Gasteiger partial charge in [-0.1, -0.05) is 6.08 Å². The average Bonchev–Trinajstić information content (AvgIpc) is 2.87. The minimum absolute atomic E-state index is 0.0695. The molecule has 2 heterocycles. The molecule has 0 spiro atoms. The number of carbonyl (C=O) groups excluding carboxylic acids is 1. The Kier molecular flexibility index (Phi) is 4.65. The van der Waals surface area contributed by atoms with Crippen LogP contribution >= 0.6 is 11.3 Å². The molecule has 0 saturated carbocycles. The highest BCUT2D eigenvalue weighted by Crippen LogP contribution is 2.13. The molecular weight excluding hydrogens is 276 g/mol. The van der Waals surface area contributed by atoms with Gasteiger partial charge >= 0.3 is 0 Å². The van der Waals surface area contributed by atoms with E-state index >= 15 is 0 Å². The summed E-state index contributed by atoms with van der Waals surface area (Å²) in [5.74, 6) is 0.417. The zero-order valence-electron chi connectivity index (χ0n) is 11.2. The Hall–Kier alpha value is -1.99. The first kappa shape index (κ1) is 14.4. The van der Waals surface area contributed by atoms with E-state index in [4.69, 9.17) is 0 Å². The van der Waals surface area contributed by atoms with Gasteiger partial charge in [0.15, 0.2) is 0 Å². The number of aromatic nitrogens is 2. The van der Waals surface area contributed by atoms with Crippen molar-refractivity contribution < 1.29 is 4.79 Å². The van der Waals surface area contributed by atoms with Crippen LogP contribution in [0, 0.1) is 0 Å². The molecule has 0 aromatic carbocycles. The van der Waals surface area contributed by atoms with Crippen molar-refractivity contribution in [2.45, 2.75) is 6.54 Å². The summed E-state index contributed by atoms with van der Waals surface area (Å²) < 4.78 is 0.607. The third-order valence-corrected chi connectivity index (χ3v) is 3.64. The van der Waals surface area contributed by atoms with E-state index < -0.39 is 0 Å². The number of H-pyrrole nitrogens is 1. The molecule has 0 fully saturated rings. The zero-order chi connectivity index (χ0) is 14.5. The first-order valence-electron chi connectivity index (χ1n) is 6.14. The lowest BCUT2D eigenvalue weighted by molar-refractivity contribution is -0.129. The third kappa shape index (κ3) is 3.31. The SMILES string of the molecule is C=CCNCC(=O)N(C)Cc1nc2ccsc2c(=O)[nH]1. The molecule has 0 saturated heterocycles. The van der Waals surface area contributed by atoms with Crippen LogP contribution in [0.15, 0.2) is 28.9 Å². The molecule has 2 aromatic heterocycles. The highest BCUT2D eigenvalue weighted by Gasteiger charge is 2.11. The van der Waals surface area contributed by atoms with Crippen LogP contribution in [0.1, 0.15) is 5.82 Å². The summed E-state index contributed by atoms with van der Waals surface area (Å²) in [4.78, 5) is 32.2. The monoisotopic (exact) mass is 292 g/mol. The highest BCUT2D eigenvalue weighted by atomic mass is 32.1. The molecule has 0 radical (unpaired) electrons. The van der Waals surface area contributed by atoms with Crippen molar-refractivity contribution >= 4 is 27.5 Å². The number of nitrogens with one attached hydrogen (secondary N) is 2. The van der Waals surface area contributed by atoms with Crippen molar-refractivity contribution in [3.8, 4) is 0 Å². The van der Waals surface area contributed by atoms with Crippen LogP contribution in [0.25, 0.3) is 10.2 Å². The molecule has 20 heavy (non-hydrogen) atoms. The quantitative estimate of drug-likeness (QED) is 0.607. The normalized spacial score (nSPS) is 10.7. The minimum atomic E-state index is -0.161. The lowest BCUT2D eigenvalue weighted by Gasteiger charge is -2.16. The van der Waals surface area contributed by atoms with Gasteiger partial charge in [-0.05, 0) is 11.4 Å². The number of fused-ring (bicyclic) bond motifs is 1. The predicted molar refractivity (Wildman–Crippen MR) is 79.8 cm³/mol. The van der Waals surface area contributed by atoms with Crippen LogP contribution in [0.3, 0.4) is 0 Å². The van der Waals surface area contributed by atoms with E-state index in [0.29, 0.717) is 22.6 Å². The van der Waals surface area contributed by atoms with Crippen LogP contribution in [-0.4, -0.2) is 40.9 Å². The predicted octanol–water partition coefficient (Wildman–Crippen LogP) is 0.719. The molecule has 0 aliphatic rings. The standard InChI is InChI=1S/C13H16N4O2S/c1-3-5-14-7-11(18)17(2)8-10-15-9-4-6-20-12(9)13(19)16-10/h3-4,6,14H,1,5,7-8H2,2H3,(H,15,16,19). The fourth-order valence-electron chi connectivity index (χ4n) is 1.73. The van der Waals surface area contributed by atoms with Crippen molar-refractivity contribution in [3.05, 3.63) is 40.3 Å². The van der Waals surface area contributed by atoms with Gasteiger partial charge in [-0.15, -0.1) is 17.9 Å². The Bertz CT molecular complexity index is 676. The van der Waals surface area contributed by atoms with Gasteiger partial charge in [0.1, 0.15) is 10.5 Å². The van der Waals surface area contributed by atoms with Crippen molar-refractivity contribution in [2.24, 2.45) is 0 Å². The topological polar surface area (TPSA) is 78.1 Å².